The van der Waals surface area contributed by atoms with E-state index in [0.717, 1.165) is 0 Å². The van der Waals surface area contributed by atoms with E-state index in [-0.39, 0.29) is 16.5 Å². The van der Waals surface area contributed by atoms with E-state index in [9.17, 15) is 4.79 Å². The summed E-state index contributed by atoms with van der Waals surface area (Å²) in [6, 6.07) is 0. The van der Waals surface area contributed by atoms with Crippen molar-refractivity contribution in [3.63, 3.8) is 0 Å². The van der Waals surface area contributed by atoms with Gasteiger partial charge in [-0.1, -0.05) is 5.02 Å². The lowest BCUT2D eigenvalue weighted by Crippen LogP contribution is -2.06. The highest BCUT2D eigenvalue weighted by molar-refractivity contribution is 8.17. The highest BCUT2D eigenvalue weighted by Gasteiger charge is 2.02. The summed E-state index contributed by atoms with van der Waals surface area (Å²) in [5, 5.41) is 5.01. The Labute approximate surface area is 68.5 Å². The number of carbonyl (C=O) groups is 1. The van der Waals surface area contributed by atoms with Gasteiger partial charge in [0, 0.05) is 0 Å². The summed E-state index contributed by atoms with van der Waals surface area (Å²) in [4.78, 5) is 10.9. The number of hydrogen-bond donors (Lipinski definition) is 0. The van der Waals surface area contributed by atoms with Crippen molar-refractivity contribution in [2.45, 2.75) is 6.92 Å². The van der Waals surface area contributed by atoms with Gasteiger partial charge in [0.15, 0.2) is 0 Å². The fourth-order valence-corrected chi connectivity index (χ4v) is 1.84. The molecular weight excluding hydrogens is 160 g/mol. The van der Waals surface area contributed by atoms with E-state index in [1.54, 1.807) is 0 Å². The number of ether oxygens (including phenoxy) is 1. The van der Waals surface area contributed by atoms with Crippen LogP contribution in [-0.2, 0) is 9.53 Å². The molecule has 0 fully saturated rings. The van der Waals surface area contributed by atoms with Crippen LogP contribution in [0.15, 0.2) is 17.6 Å². The molecule has 0 spiro atoms. The molecule has 1 aliphatic rings. The zero-order valence-electron chi connectivity index (χ0n) is 6.37. The van der Waals surface area contributed by atoms with E-state index in [1.165, 1.54) is 0 Å². The molecule has 0 saturated heterocycles. The van der Waals surface area contributed by atoms with Crippen LogP contribution in [0, 0.1) is 0 Å². The summed E-state index contributed by atoms with van der Waals surface area (Å²) in [5.74, 6) is 0.309. The van der Waals surface area contributed by atoms with Crippen molar-refractivity contribution < 1.29 is 9.53 Å². The summed E-state index contributed by atoms with van der Waals surface area (Å²) < 4.78 is 4.78. The third-order valence-corrected chi connectivity index (χ3v) is 2.61. The first-order valence-corrected chi connectivity index (χ1v) is 4.90. The first-order valence-electron chi connectivity index (χ1n) is 3.44. The molecule has 0 radical (unpaired) electrons. The Morgan fingerprint density at radius 2 is 2.55 bits per heavy atom. The molecule has 0 amide bonds. The fraction of sp³-hybridized carbons (Fsp3) is 0.375. The molecule has 1 aliphatic heterocycles. The summed E-state index contributed by atoms with van der Waals surface area (Å²) in [6.07, 6.45) is 3.74. The molecule has 3 heteroatoms. The average Bonchev–Trinajstić information content (AvgIpc) is 2.40. The number of allylic oxidation sites excluding steroid dienone is 2. The van der Waals surface area contributed by atoms with Crippen molar-refractivity contribution >= 4 is 21.5 Å². The average molecular weight is 170 g/mol. The number of carbonyl (C=O) groups excluding carboxylic acids is 1. The highest BCUT2D eigenvalue weighted by Crippen LogP contribution is 2.15. The van der Waals surface area contributed by atoms with Gasteiger partial charge in [0.2, 0.25) is 0 Å². The molecule has 1 unspecified atom stereocenters. The first kappa shape index (κ1) is 8.31. The van der Waals surface area contributed by atoms with Crippen LogP contribution in [0.25, 0.3) is 0 Å². The topological polar surface area (TPSA) is 26.3 Å². The lowest BCUT2D eigenvalue weighted by Gasteiger charge is -1.99. The lowest BCUT2D eigenvalue weighted by atomic mass is 10.6. The summed E-state index contributed by atoms with van der Waals surface area (Å²) in [7, 11) is -0.120. The second kappa shape index (κ2) is 4.16. The molecule has 1 atom stereocenters. The standard InChI is InChI=1S/C8H10O2S/c1-2-10-8(9)7-11-5-3-4-6-11/h3-5H,2,7H2,1H3. The Morgan fingerprint density at radius 1 is 1.73 bits per heavy atom. The third kappa shape index (κ3) is 2.74. The van der Waals surface area contributed by atoms with Crippen molar-refractivity contribution in [3.05, 3.63) is 17.6 Å². The number of hydrogen-bond acceptors (Lipinski definition) is 2. The van der Waals surface area contributed by atoms with E-state index in [2.05, 4.69) is 5.02 Å². The minimum absolute atomic E-state index is 0.120. The van der Waals surface area contributed by atoms with Gasteiger partial charge in [-0.2, -0.15) is 0 Å². The normalized spacial score (nSPS) is 19.9. The fourth-order valence-electron chi connectivity index (χ4n) is 0.719. The predicted molar refractivity (Wildman–Crippen MR) is 47.8 cm³/mol. The van der Waals surface area contributed by atoms with Gasteiger partial charge in [0.1, 0.15) is 0 Å². The Hall–Kier alpha value is -0.790. The second-order valence-electron chi connectivity index (χ2n) is 1.99. The molecule has 0 aromatic carbocycles. The molecule has 60 valence electrons. The van der Waals surface area contributed by atoms with E-state index in [0.29, 0.717) is 12.4 Å². The quantitative estimate of drug-likeness (QED) is 0.471. The van der Waals surface area contributed by atoms with E-state index < -0.39 is 0 Å². The number of esters is 1. The molecule has 11 heavy (non-hydrogen) atoms. The van der Waals surface area contributed by atoms with Crippen molar-refractivity contribution in [2.24, 2.45) is 0 Å². The van der Waals surface area contributed by atoms with Gasteiger partial charge < -0.3 is 4.74 Å². The first-order chi connectivity index (χ1) is 5.33. The lowest BCUT2D eigenvalue weighted by molar-refractivity contribution is -0.139. The molecule has 0 aromatic heterocycles. The SMILES string of the molecule is CCOC(=O)CS1=C=CC=C1. The van der Waals surface area contributed by atoms with Crippen LogP contribution in [0.1, 0.15) is 6.92 Å². The minimum atomic E-state index is -0.136. The van der Waals surface area contributed by atoms with Crippen LogP contribution in [0.5, 0.6) is 0 Å². The zero-order chi connectivity index (χ0) is 8.10. The Bertz CT molecular complexity index is 247. The van der Waals surface area contributed by atoms with Crippen molar-refractivity contribution in [3.8, 4) is 0 Å². The molecule has 0 aromatic rings. The van der Waals surface area contributed by atoms with Crippen LogP contribution in [0.3, 0.4) is 0 Å². The van der Waals surface area contributed by atoms with Gasteiger partial charge >= 0.3 is 5.97 Å². The van der Waals surface area contributed by atoms with Crippen molar-refractivity contribution in [1.29, 1.82) is 0 Å². The minimum Gasteiger partial charge on any atom is -0.465 e. The summed E-state index contributed by atoms with van der Waals surface area (Å²) in [5.41, 5.74) is 0. The molecule has 0 saturated carbocycles. The van der Waals surface area contributed by atoms with Crippen molar-refractivity contribution in [2.75, 3.05) is 12.4 Å². The maximum absolute atomic E-state index is 10.9. The largest absolute Gasteiger partial charge is 0.465 e. The summed E-state index contributed by atoms with van der Waals surface area (Å²) >= 11 is 0. The van der Waals surface area contributed by atoms with Crippen LogP contribution < -0.4 is 0 Å². The van der Waals surface area contributed by atoms with Crippen LogP contribution >= 0.6 is 10.5 Å². The second-order valence-corrected chi connectivity index (χ2v) is 3.65. The van der Waals surface area contributed by atoms with Crippen LogP contribution in [0.4, 0.5) is 0 Å². The van der Waals surface area contributed by atoms with Crippen LogP contribution in [-0.4, -0.2) is 23.4 Å². The van der Waals surface area contributed by atoms with E-state index in [4.69, 9.17) is 4.74 Å². The third-order valence-electron chi connectivity index (χ3n) is 1.14. The monoisotopic (exact) mass is 170 g/mol. The Balaban J connectivity index is 2.37. The predicted octanol–water partition coefficient (Wildman–Crippen LogP) is 1.30. The smallest absolute Gasteiger partial charge is 0.316 e. The highest BCUT2D eigenvalue weighted by atomic mass is 32.2. The molecule has 0 bridgehead atoms. The van der Waals surface area contributed by atoms with Crippen molar-refractivity contribution in [1.82, 2.24) is 0 Å². The van der Waals surface area contributed by atoms with Gasteiger partial charge in [0.05, 0.1) is 12.4 Å². The molecular formula is C8H10O2S. The van der Waals surface area contributed by atoms with Gasteiger partial charge in [-0.25, -0.2) is 0 Å². The van der Waals surface area contributed by atoms with Gasteiger partial charge in [-0.05, 0) is 24.5 Å². The molecule has 1 rings (SSSR count). The summed E-state index contributed by atoms with van der Waals surface area (Å²) in [6.45, 7) is 2.27. The number of rotatable bonds is 3. The zero-order valence-corrected chi connectivity index (χ0v) is 7.19. The van der Waals surface area contributed by atoms with Crippen LogP contribution in [0.2, 0.25) is 0 Å². The molecule has 1 heterocycles. The Kier molecular flexibility index (Phi) is 3.14. The van der Waals surface area contributed by atoms with Gasteiger partial charge in [-0.3, -0.25) is 4.79 Å². The maximum atomic E-state index is 10.9. The van der Waals surface area contributed by atoms with Gasteiger partial charge in [0.25, 0.3) is 0 Å². The molecule has 2 nitrogen and oxygen atoms in total. The van der Waals surface area contributed by atoms with E-state index >= 15 is 0 Å². The Morgan fingerprint density at radius 3 is 3.09 bits per heavy atom. The maximum Gasteiger partial charge on any atom is 0.316 e. The molecule has 0 N–H and O–H groups in total. The molecule has 0 aliphatic carbocycles. The van der Waals surface area contributed by atoms with Gasteiger partial charge in [-0.15, -0.1) is 10.5 Å². The van der Waals surface area contributed by atoms with E-state index in [1.807, 2.05) is 24.5 Å².